The Labute approximate surface area is 171 Å². The number of alkyl halides is 3. The summed E-state index contributed by atoms with van der Waals surface area (Å²) in [7, 11) is 0. The van der Waals surface area contributed by atoms with Gasteiger partial charge in [-0.05, 0) is 31.0 Å². The van der Waals surface area contributed by atoms with Crippen LogP contribution >= 0.6 is 34.8 Å². The number of benzene rings is 1. The molecule has 1 aliphatic rings. The van der Waals surface area contributed by atoms with Gasteiger partial charge in [0.2, 0.25) is 0 Å². The molecule has 2 rings (SSSR count). The van der Waals surface area contributed by atoms with Crippen molar-refractivity contribution in [3.8, 4) is 0 Å². The van der Waals surface area contributed by atoms with Crippen LogP contribution in [0, 0.1) is 0 Å². The molecule has 1 aromatic carbocycles. The first kappa shape index (κ1) is 21.8. The van der Waals surface area contributed by atoms with Gasteiger partial charge in [0.25, 0.3) is 9.70 Å². The highest BCUT2D eigenvalue weighted by Crippen LogP contribution is 2.33. The van der Waals surface area contributed by atoms with E-state index in [4.69, 9.17) is 49.0 Å². The summed E-state index contributed by atoms with van der Waals surface area (Å²) in [5, 5.41) is 2.53. The summed E-state index contributed by atoms with van der Waals surface area (Å²) in [5.41, 5.74) is 1.02. The molecule has 27 heavy (non-hydrogen) atoms. The van der Waals surface area contributed by atoms with Crippen molar-refractivity contribution in [1.82, 2.24) is 5.32 Å². The average molecular weight is 439 g/mol. The Balaban J connectivity index is 2.57. The van der Waals surface area contributed by atoms with Crippen LogP contribution in [-0.2, 0) is 25.6 Å². The van der Waals surface area contributed by atoms with Gasteiger partial charge in [-0.2, -0.15) is 0 Å². The number of carbonyl (C=O) groups is 3. The van der Waals surface area contributed by atoms with E-state index in [1.54, 1.807) is 19.9 Å². The zero-order chi connectivity index (χ0) is 20.2. The number of esters is 2. The molecule has 0 saturated carbocycles. The van der Waals surface area contributed by atoms with Crippen molar-refractivity contribution in [1.29, 1.82) is 0 Å². The highest BCUT2D eigenvalue weighted by molar-refractivity contribution is 6.76. The Bertz CT molecular complexity index is 747. The van der Waals surface area contributed by atoms with E-state index in [-0.39, 0.29) is 37.6 Å². The fraction of sp³-hybridized carbons (Fsp3) is 0.471. The van der Waals surface area contributed by atoms with Crippen LogP contribution in [-0.4, -0.2) is 41.5 Å². The molecule has 1 amide bonds. The van der Waals surface area contributed by atoms with E-state index >= 15 is 0 Å². The fourth-order valence-corrected chi connectivity index (χ4v) is 2.88. The highest BCUT2D eigenvalue weighted by Gasteiger charge is 2.37. The number of fused-ring (bicyclic) bond motifs is 1. The number of rotatable bonds is 5. The van der Waals surface area contributed by atoms with Gasteiger partial charge in [0.1, 0.15) is 0 Å². The molecule has 1 unspecified atom stereocenters. The van der Waals surface area contributed by atoms with E-state index in [9.17, 15) is 14.4 Å². The van der Waals surface area contributed by atoms with E-state index in [1.165, 1.54) is 6.07 Å². The Morgan fingerprint density at radius 2 is 1.78 bits per heavy atom. The first-order valence-electron chi connectivity index (χ1n) is 8.16. The summed E-state index contributed by atoms with van der Waals surface area (Å²) in [4.78, 5) is 37.0. The second kappa shape index (κ2) is 9.10. The van der Waals surface area contributed by atoms with Crippen LogP contribution < -0.4 is 5.32 Å². The maximum atomic E-state index is 12.6. The summed E-state index contributed by atoms with van der Waals surface area (Å²) < 4.78 is 13.4. The monoisotopic (exact) mass is 437 g/mol. The first-order valence-corrected chi connectivity index (χ1v) is 9.29. The molecular weight excluding hydrogens is 421 g/mol. The van der Waals surface area contributed by atoms with E-state index in [2.05, 4.69) is 5.32 Å². The largest absolute Gasteiger partial charge is 0.462 e. The SMILES string of the molecule is CCOC(=O)c1ccc2c(c1C(=O)OCC)C(NC(=O)C(Cl)(Cl)Cl)COC2. The molecule has 0 spiro atoms. The fourth-order valence-electron chi connectivity index (χ4n) is 2.71. The average Bonchev–Trinajstić information content (AvgIpc) is 2.60. The number of nitrogens with one attached hydrogen (secondary N) is 1. The summed E-state index contributed by atoms with van der Waals surface area (Å²) in [6.07, 6.45) is 0. The standard InChI is InChI=1S/C17H18Cl3NO6/c1-3-26-14(22)10-6-5-9-7-25-8-11(21-16(24)17(18,19)20)12(9)13(10)15(23)27-4-2/h5-6,11H,3-4,7-8H2,1-2H3,(H,21,24). The van der Waals surface area contributed by atoms with Crippen molar-refractivity contribution in [2.45, 2.75) is 30.3 Å². The van der Waals surface area contributed by atoms with E-state index in [0.29, 0.717) is 11.1 Å². The Morgan fingerprint density at radius 3 is 2.37 bits per heavy atom. The van der Waals surface area contributed by atoms with Crippen molar-refractivity contribution in [3.05, 3.63) is 34.4 Å². The lowest BCUT2D eigenvalue weighted by Crippen LogP contribution is -2.41. The molecule has 1 N–H and O–H groups in total. The summed E-state index contributed by atoms with van der Waals surface area (Å²) in [6.45, 7) is 3.74. The molecule has 1 aromatic rings. The van der Waals surface area contributed by atoms with Crippen LogP contribution in [0.15, 0.2) is 12.1 Å². The van der Waals surface area contributed by atoms with Gasteiger partial charge >= 0.3 is 11.9 Å². The molecular formula is C17H18Cl3NO6. The van der Waals surface area contributed by atoms with Gasteiger partial charge in [0, 0.05) is 0 Å². The lowest BCUT2D eigenvalue weighted by Gasteiger charge is -2.30. The van der Waals surface area contributed by atoms with Crippen molar-refractivity contribution < 1.29 is 28.6 Å². The molecule has 0 saturated heterocycles. The minimum Gasteiger partial charge on any atom is -0.462 e. The molecule has 148 valence electrons. The number of hydrogen-bond acceptors (Lipinski definition) is 6. The summed E-state index contributed by atoms with van der Waals surface area (Å²) >= 11 is 16.9. The molecule has 0 bridgehead atoms. The molecule has 1 heterocycles. The van der Waals surface area contributed by atoms with Gasteiger partial charge in [-0.1, -0.05) is 40.9 Å². The Kier molecular flexibility index (Phi) is 7.33. The molecule has 7 nitrogen and oxygen atoms in total. The van der Waals surface area contributed by atoms with E-state index in [1.807, 2.05) is 0 Å². The molecule has 0 aromatic heterocycles. The van der Waals surface area contributed by atoms with Gasteiger partial charge in [0.15, 0.2) is 0 Å². The topological polar surface area (TPSA) is 90.9 Å². The van der Waals surface area contributed by atoms with Gasteiger partial charge in [-0.3, -0.25) is 4.79 Å². The van der Waals surface area contributed by atoms with Crippen LogP contribution in [0.4, 0.5) is 0 Å². The summed E-state index contributed by atoms with van der Waals surface area (Å²) in [6, 6.07) is 2.27. The third-order valence-electron chi connectivity index (χ3n) is 3.76. The molecule has 0 aliphatic carbocycles. The predicted molar refractivity (Wildman–Crippen MR) is 99.2 cm³/mol. The molecule has 10 heteroatoms. The Morgan fingerprint density at radius 1 is 1.15 bits per heavy atom. The zero-order valence-corrected chi connectivity index (χ0v) is 16.9. The number of ether oxygens (including phenoxy) is 3. The lowest BCUT2D eigenvalue weighted by molar-refractivity contribution is -0.121. The Hall–Kier alpha value is -1.54. The van der Waals surface area contributed by atoms with E-state index < -0.39 is 27.7 Å². The lowest BCUT2D eigenvalue weighted by atomic mass is 9.89. The molecule has 0 fully saturated rings. The quantitative estimate of drug-likeness (QED) is 0.561. The smallest absolute Gasteiger partial charge is 0.339 e. The normalized spacial score (nSPS) is 16.3. The highest BCUT2D eigenvalue weighted by atomic mass is 35.6. The van der Waals surface area contributed by atoms with Crippen LogP contribution in [0.1, 0.15) is 51.7 Å². The molecule has 1 atom stereocenters. The second-order valence-corrected chi connectivity index (χ2v) is 7.82. The number of halogens is 3. The predicted octanol–water partition coefficient (Wildman–Crippen LogP) is 3.10. The zero-order valence-electron chi connectivity index (χ0n) is 14.6. The van der Waals surface area contributed by atoms with Crippen molar-refractivity contribution >= 4 is 52.6 Å². The first-order chi connectivity index (χ1) is 12.7. The number of carbonyl (C=O) groups excluding carboxylic acids is 3. The number of hydrogen-bond donors (Lipinski definition) is 1. The second-order valence-electron chi connectivity index (χ2n) is 5.54. The minimum atomic E-state index is -2.19. The van der Waals surface area contributed by atoms with Gasteiger partial charge < -0.3 is 19.5 Å². The van der Waals surface area contributed by atoms with Crippen molar-refractivity contribution in [3.63, 3.8) is 0 Å². The van der Waals surface area contributed by atoms with Crippen molar-refractivity contribution in [2.75, 3.05) is 19.8 Å². The maximum Gasteiger partial charge on any atom is 0.339 e. The third-order valence-corrected chi connectivity index (χ3v) is 4.28. The van der Waals surface area contributed by atoms with Crippen LogP contribution in [0.25, 0.3) is 0 Å². The van der Waals surface area contributed by atoms with E-state index in [0.717, 1.165) is 0 Å². The summed E-state index contributed by atoms with van der Waals surface area (Å²) in [5.74, 6) is -2.28. The van der Waals surface area contributed by atoms with Gasteiger partial charge in [0.05, 0.1) is 43.6 Å². The van der Waals surface area contributed by atoms with Crippen molar-refractivity contribution in [2.24, 2.45) is 0 Å². The molecule has 0 radical (unpaired) electrons. The van der Waals surface area contributed by atoms with Crippen LogP contribution in [0.2, 0.25) is 0 Å². The molecule has 1 aliphatic heterocycles. The number of amides is 1. The van der Waals surface area contributed by atoms with Crippen LogP contribution in [0.3, 0.4) is 0 Å². The van der Waals surface area contributed by atoms with Gasteiger partial charge in [-0.15, -0.1) is 0 Å². The van der Waals surface area contributed by atoms with Gasteiger partial charge in [-0.25, -0.2) is 9.59 Å². The maximum absolute atomic E-state index is 12.6. The van der Waals surface area contributed by atoms with Crippen LogP contribution in [0.5, 0.6) is 0 Å². The third kappa shape index (κ3) is 5.04. The minimum absolute atomic E-state index is 0.00529.